The summed E-state index contributed by atoms with van der Waals surface area (Å²) in [5.41, 5.74) is 1.52. The van der Waals surface area contributed by atoms with Crippen molar-refractivity contribution in [1.82, 2.24) is 15.5 Å². The maximum absolute atomic E-state index is 4.31. The molecule has 2 aliphatic rings. The molecule has 5 heteroatoms. The third-order valence-corrected chi connectivity index (χ3v) is 5.53. The molecule has 0 amide bonds. The van der Waals surface area contributed by atoms with Crippen molar-refractivity contribution in [3.8, 4) is 0 Å². The maximum atomic E-state index is 4.31. The van der Waals surface area contributed by atoms with Crippen molar-refractivity contribution < 1.29 is 0 Å². The standard InChI is InChI=1S/C16H26N4S/c1-12(9-18-16(17-2)19-10-13-3-4-13)20-7-5-15-14(11-20)6-8-21-15/h6,8,12-13H,3-5,7,9-11H2,1-2H3,(H2,17,18,19). The van der Waals surface area contributed by atoms with E-state index >= 15 is 0 Å². The van der Waals surface area contributed by atoms with Crippen LogP contribution in [0.3, 0.4) is 0 Å². The van der Waals surface area contributed by atoms with Crippen LogP contribution >= 0.6 is 11.3 Å². The second-order valence-corrected chi connectivity index (χ2v) is 7.22. The third-order valence-electron chi connectivity index (χ3n) is 4.50. The topological polar surface area (TPSA) is 39.7 Å². The predicted octanol–water partition coefficient (Wildman–Crippen LogP) is 2.07. The summed E-state index contributed by atoms with van der Waals surface area (Å²) >= 11 is 1.90. The molecule has 1 atom stereocenters. The van der Waals surface area contributed by atoms with Gasteiger partial charge in [0, 0.05) is 44.1 Å². The molecule has 0 saturated heterocycles. The largest absolute Gasteiger partial charge is 0.356 e. The van der Waals surface area contributed by atoms with E-state index in [0.717, 1.165) is 31.5 Å². The molecule has 1 saturated carbocycles. The van der Waals surface area contributed by atoms with E-state index in [1.165, 1.54) is 31.4 Å². The Labute approximate surface area is 131 Å². The van der Waals surface area contributed by atoms with Crippen LogP contribution in [-0.4, -0.2) is 43.6 Å². The number of nitrogens with zero attached hydrogens (tertiary/aromatic N) is 2. The summed E-state index contributed by atoms with van der Waals surface area (Å²) in [5, 5.41) is 9.11. The molecule has 1 aromatic heterocycles. The van der Waals surface area contributed by atoms with Crippen LogP contribution in [0.5, 0.6) is 0 Å². The summed E-state index contributed by atoms with van der Waals surface area (Å²) in [6, 6.07) is 2.81. The van der Waals surface area contributed by atoms with Gasteiger partial charge in [-0.2, -0.15) is 0 Å². The Morgan fingerprint density at radius 2 is 2.33 bits per heavy atom. The summed E-state index contributed by atoms with van der Waals surface area (Å²) < 4.78 is 0. The summed E-state index contributed by atoms with van der Waals surface area (Å²) in [6.07, 6.45) is 3.94. The molecule has 2 N–H and O–H groups in total. The zero-order chi connectivity index (χ0) is 14.7. The van der Waals surface area contributed by atoms with Gasteiger partial charge in [0.15, 0.2) is 5.96 Å². The lowest BCUT2D eigenvalue weighted by Crippen LogP contribution is -2.47. The van der Waals surface area contributed by atoms with Gasteiger partial charge in [-0.15, -0.1) is 11.3 Å². The Hall–Kier alpha value is -1.07. The van der Waals surface area contributed by atoms with E-state index in [1.54, 1.807) is 4.88 Å². The molecular weight excluding hydrogens is 280 g/mol. The Morgan fingerprint density at radius 3 is 3.10 bits per heavy atom. The average Bonchev–Trinajstić information content (AvgIpc) is 3.22. The molecule has 4 nitrogen and oxygen atoms in total. The van der Waals surface area contributed by atoms with Gasteiger partial charge in [-0.05, 0) is 49.1 Å². The quantitative estimate of drug-likeness (QED) is 0.646. The molecule has 0 spiro atoms. The first kappa shape index (κ1) is 14.9. The van der Waals surface area contributed by atoms with Crippen LogP contribution in [0.15, 0.2) is 16.4 Å². The lowest BCUT2D eigenvalue weighted by molar-refractivity contribution is 0.192. The van der Waals surface area contributed by atoms with Crippen LogP contribution < -0.4 is 10.6 Å². The minimum atomic E-state index is 0.525. The SMILES string of the molecule is CN=C(NCC1CC1)NCC(C)N1CCc2sccc2C1. The fraction of sp³-hybridized carbons (Fsp3) is 0.688. The predicted molar refractivity (Wildman–Crippen MR) is 90.0 cm³/mol. The lowest BCUT2D eigenvalue weighted by Gasteiger charge is -2.32. The highest BCUT2D eigenvalue weighted by Crippen LogP contribution is 2.27. The van der Waals surface area contributed by atoms with Crippen LogP contribution in [0.4, 0.5) is 0 Å². The van der Waals surface area contributed by atoms with Crippen molar-refractivity contribution >= 4 is 17.3 Å². The molecule has 0 aromatic carbocycles. The Bertz CT molecular complexity index is 492. The molecule has 1 aromatic rings. The second kappa shape index (κ2) is 6.79. The average molecular weight is 306 g/mol. The van der Waals surface area contributed by atoms with Gasteiger partial charge in [0.25, 0.3) is 0 Å². The Morgan fingerprint density at radius 1 is 1.48 bits per heavy atom. The van der Waals surface area contributed by atoms with Crippen LogP contribution in [0.25, 0.3) is 0 Å². The van der Waals surface area contributed by atoms with Gasteiger partial charge < -0.3 is 10.6 Å². The summed E-state index contributed by atoms with van der Waals surface area (Å²) in [5.74, 6) is 1.82. The lowest BCUT2D eigenvalue weighted by atomic mass is 10.1. The van der Waals surface area contributed by atoms with E-state index in [1.807, 2.05) is 18.4 Å². The molecule has 1 aliphatic heterocycles. The highest BCUT2D eigenvalue weighted by molar-refractivity contribution is 7.10. The zero-order valence-electron chi connectivity index (χ0n) is 13.1. The normalized spacial score (nSPS) is 21.0. The molecule has 1 aliphatic carbocycles. The van der Waals surface area contributed by atoms with Gasteiger partial charge >= 0.3 is 0 Å². The van der Waals surface area contributed by atoms with Crippen molar-refractivity contribution in [2.45, 2.75) is 38.8 Å². The Kier molecular flexibility index (Phi) is 4.80. The van der Waals surface area contributed by atoms with Crippen LogP contribution in [0, 0.1) is 5.92 Å². The minimum absolute atomic E-state index is 0.525. The van der Waals surface area contributed by atoms with E-state index in [0.29, 0.717) is 6.04 Å². The third kappa shape index (κ3) is 3.98. The van der Waals surface area contributed by atoms with E-state index in [9.17, 15) is 0 Å². The fourth-order valence-corrected chi connectivity index (χ4v) is 3.69. The van der Waals surface area contributed by atoms with Gasteiger partial charge in [0.1, 0.15) is 0 Å². The van der Waals surface area contributed by atoms with Gasteiger partial charge in [-0.1, -0.05) is 0 Å². The van der Waals surface area contributed by atoms with Crippen LogP contribution in [0.1, 0.15) is 30.2 Å². The molecule has 0 radical (unpaired) electrons. The van der Waals surface area contributed by atoms with Gasteiger partial charge in [0.05, 0.1) is 0 Å². The van der Waals surface area contributed by atoms with Crippen LogP contribution in [0.2, 0.25) is 0 Å². The number of nitrogens with one attached hydrogen (secondary N) is 2. The van der Waals surface area contributed by atoms with Crippen molar-refractivity contribution in [2.75, 3.05) is 26.7 Å². The number of fused-ring (bicyclic) bond motifs is 1. The van der Waals surface area contributed by atoms with E-state index in [2.05, 4.69) is 38.9 Å². The first-order chi connectivity index (χ1) is 10.3. The molecule has 3 rings (SSSR count). The smallest absolute Gasteiger partial charge is 0.191 e. The number of hydrogen-bond acceptors (Lipinski definition) is 3. The molecule has 1 unspecified atom stereocenters. The maximum Gasteiger partial charge on any atom is 0.191 e. The van der Waals surface area contributed by atoms with Crippen molar-refractivity contribution in [3.63, 3.8) is 0 Å². The number of guanidine groups is 1. The number of thiophene rings is 1. The van der Waals surface area contributed by atoms with E-state index in [4.69, 9.17) is 0 Å². The molecular formula is C16H26N4S. The molecule has 1 fully saturated rings. The zero-order valence-corrected chi connectivity index (χ0v) is 13.9. The molecule has 0 bridgehead atoms. The van der Waals surface area contributed by atoms with E-state index in [-0.39, 0.29) is 0 Å². The summed E-state index contributed by atoms with van der Waals surface area (Å²) in [7, 11) is 1.85. The first-order valence-electron chi connectivity index (χ1n) is 8.00. The Balaban J connectivity index is 1.44. The molecule has 2 heterocycles. The van der Waals surface area contributed by atoms with Crippen molar-refractivity contribution in [1.29, 1.82) is 0 Å². The van der Waals surface area contributed by atoms with Gasteiger partial charge in [-0.3, -0.25) is 9.89 Å². The van der Waals surface area contributed by atoms with Crippen LogP contribution in [-0.2, 0) is 13.0 Å². The summed E-state index contributed by atoms with van der Waals surface area (Å²) in [4.78, 5) is 8.45. The highest BCUT2D eigenvalue weighted by atomic mass is 32.1. The minimum Gasteiger partial charge on any atom is -0.356 e. The monoisotopic (exact) mass is 306 g/mol. The van der Waals surface area contributed by atoms with Crippen molar-refractivity contribution in [2.24, 2.45) is 10.9 Å². The van der Waals surface area contributed by atoms with E-state index < -0.39 is 0 Å². The number of aliphatic imine (C=N–C) groups is 1. The highest BCUT2D eigenvalue weighted by Gasteiger charge is 2.23. The summed E-state index contributed by atoms with van der Waals surface area (Å²) in [6.45, 7) is 6.58. The van der Waals surface area contributed by atoms with Crippen molar-refractivity contribution in [3.05, 3.63) is 21.9 Å². The van der Waals surface area contributed by atoms with Gasteiger partial charge in [-0.25, -0.2) is 0 Å². The second-order valence-electron chi connectivity index (χ2n) is 6.22. The number of rotatable bonds is 5. The first-order valence-corrected chi connectivity index (χ1v) is 8.88. The molecule has 21 heavy (non-hydrogen) atoms. The van der Waals surface area contributed by atoms with Gasteiger partial charge in [0.2, 0.25) is 0 Å². The fourth-order valence-electron chi connectivity index (χ4n) is 2.80. The molecule has 116 valence electrons. The number of hydrogen-bond donors (Lipinski definition) is 2.